The number of morpholine rings is 1. The molecule has 1 aliphatic heterocycles. The SMILES string of the molecule is COc1ccc(CCOc2nc(N3CCOCC3)c3cc(-c4ccccc4C#N)ccc3n2)cc1OC. The van der Waals surface area contributed by atoms with Crippen LogP contribution in [-0.4, -0.2) is 57.1 Å². The van der Waals surface area contributed by atoms with E-state index in [1.807, 2.05) is 54.6 Å². The Bertz CT molecular complexity index is 1440. The Morgan fingerprint density at radius 2 is 1.76 bits per heavy atom. The molecule has 0 amide bonds. The lowest BCUT2D eigenvalue weighted by molar-refractivity contribution is 0.122. The summed E-state index contributed by atoms with van der Waals surface area (Å²) < 4.78 is 22.3. The third-order valence-corrected chi connectivity index (χ3v) is 6.39. The first-order chi connectivity index (χ1) is 18.2. The average Bonchev–Trinajstić information content (AvgIpc) is 2.96. The quantitative estimate of drug-likeness (QED) is 0.348. The number of hydrogen-bond acceptors (Lipinski definition) is 8. The molecule has 0 aliphatic carbocycles. The normalized spacial score (nSPS) is 13.3. The summed E-state index contributed by atoms with van der Waals surface area (Å²) in [6.07, 6.45) is 0.665. The minimum Gasteiger partial charge on any atom is -0.493 e. The molecule has 0 N–H and O–H groups in total. The van der Waals surface area contributed by atoms with Gasteiger partial charge in [-0.15, -0.1) is 0 Å². The van der Waals surface area contributed by atoms with Crippen molar-refractivity contribution in [3.8, 4) is 34.7 Å². The van der Waals surface area contributed by atoms with Crippen molar-refractivity contribution in [1.82, 2.24) is 9.97 Å². The number of rotatable bonds is 8. The smallest absolute Gasteiger partial charge is 0.318 e. The molecule has 0 saturated carbocycles. The van der Waals surface area contributed by atoms with Crippen molar-refractivity contribution in [1.29, 1.82) is 5.26 Å². The molecule has 0 bridgehead atoms. The van der Waals surface area contributed by atoms with Crippen LogP contribution < -0.4 is 19.1 Å². The average molecular weight is 497 g/mol. The van der Waals surface area contributed by atoms with E-state index in [9.17, 15) is 5.26 Å². The minimum atomic E-state index is 0.333. The molecule has 2 heterocycles. The topological polar surface area (TPSA) is 89.7 Å². The number of nitriles is 1. The molecular weight excluding hydrogens is 468 g/mol. The second-order valence-corrected chi connectivity index (χ2v) is 8.61. The lowest BCUT2D eigenvalue weighted by Crippen LogP contribution is -2.37. The fraction of sp³-hybridized carbons (Fsp3) is 0.276. The second-order valence-electron chi connectivity index (χ2n) is 8.61. The van der Waals surface area contributed by atoms with Crippen LogP contribution in [0.2, 0.25) is 0 Å². The third kappa shape index (κ3) is 5.27. The molecular formula is C29H28N4O4. The lowest BCUT2D eigenvalue weighted by atomic mass is 9.99. The first kappa shape index (κ1) is 24.3. The predicted molar refractivity (Wildman–Crippen MR) is 141 cm³/mol. The van der Waals surface area contributed by atoms with Gasteiger partial charge in [-0.1, -0.05) is 30.3 Å². The Balaban J connectivity index is 1.44. The molecule has 8 nitrogen and oxygen atoms in total. The zero-order valence-electron chi connectivity index (χ0n) is 20.9. The monoisotopic (exact) mass is 496 g/mol. The Hall–Kier alpha value is -4.35. The maximum absolute atomic E-state index is 9.58. The van der Waals surface area contributed by atoms with Crippen molar-refractivity contribution in [2.75, 3.05) is 52.0 Å². The third-order valence-electron chi connectivity index (χ3n) is 6.39. The molecule has 1 fully saturated rings. The van der Waals surface area contributed by atoms with Gasteiger partial charge < -0.3 is 23.8 Å². The van der Waals surface area contributed by atoms with E-state index in [0.29, 0.717) is 49.3 Å². The number of nitrogens with zero attached hydrogens (tertiary/aromatic N) is 4. The van der Waals surface area contributed by atoms with E-state index in [4.69, 9.17) is 28.9 Å². The van der Waals surface area contributed by atoms with Gasteiger partial charge >= 0.3 is 6.01 Å². The van der Waals surface area contributed by atoms with Crippen molar-refractivity contribution < 1.29 is 18.9 Å². The molecule has 5 rings (SSSR count). The molecule has 1 aliphatic rings. The van der Waals surface area contributed by atoms with Gasteiger partial charge in [-0.25, -0.2) is 0 Å². The van der Waals surface area contributed by atoms with E-state index >= 15 is 0 Å². The molecule has 8 heteroatoms. The molecule has 188 valence electrons. The van der Waals surface area contributed by atoms with E-state index in [1.165, 1.54) is 0 Å². The summed E-state index contributed by atoms with van der Waals surface area (Å²) in [7, 11) is 3.24. The van der Waals surface area contributed by atoms with Crippen molar-refractivity contribution >= 4 is 16.7 Å². The van der Waals surface area contributed by atoms with E-state index in [2.05, 4.69) is 17.0 Å². The fourth-order valence-corrected chi connectivity index (χ4v) is 4.47. The number of aromatic nitrogens is 2. The predicted octanol–water partition coefficient (Wildman–Crippen LogP) is 4.64. The van der Waals surface area contributed by atoms with Crippen molar-refractivity contribution in [3.05, 3.63) is 71.8 Å². The molecule has 3 aromatic carbocycles. The Kier molecular flexibility index (Phi) is 7.33. The molecule has 0 unspecified atom stereocenters. The van der Waals surface area contributed by atoms with Gasteiger partial charge in [0.1, 0.15) is 5.82 Å². The second kappa shape index (κ2) is 11.1. The number of anilines is 1. The van der Waals surface area contributed by atoms with Gasteiger partial charge in [0.25, 0.3) is 0 Å². The molecule has 4 aromatic rings. The summed E-state index contributed by atoms with van der Waals surface area (Å²) in [6.45, 7) is 3.15. The van der Waals surface area contributed by atoms with Crippen LogP contribution in [0.3, 0.4) is 0 Å². The molecule has 0 atom stereocenters. The highest BCUT2D eigenvalue weighted by molar-refractivity contribution is 5.94. The summed E-state index contributed by atoms with van der Waals surface area (Å²) in [5, 5.41) is 10.5. The summed E-state index contributed by atoms with van der Waals surface area (Å²) in [5.74, 6) is 2.19. The number of ether oxygens (including phenoxy) is 4. The minimum absolute atomic E-state index is 0.333. The van der Waals surface area contributed by atoms with E-state index in [-0.39, 0.29) is 0 Å². The first-order valence-corrected chi connectivity index (χ1v) is 12.2. The maximum atomic E-state index is 9.58. The molecule has 0 spiro atoms. The summed E-state index contributed by atoms with van der Waals surface area (Å²) >= 11 is 0. The van der Waals surface area contributed by atoms with Gasteiger partial charge in [0.05, 0.1) is 51.2 Å². The van der Waals surface area contributed by atoms with Crippen LogP contribution in [0, 0.1) is 11.3 Å². The maximum Gasteiger partial charge on any atom is 0.318 e. The zero-order chi connectivity index (χ0) is 25.6. The Labute approximate surface area is 216 Å². The number of fused-ring (bicyclic) bond motifs is 1. The van der Waals surface area contributed by atoms with Gasteiger partial charge in [0.2, 0.25) is 0 Å². The van der Waals surface area contributed by atoms with Gasteiger partial charge in [-0.2, -0.15) is 15.2 Å². The molecule has 0 radical (unpaired) electrons. The summed E-state index contributed by atoms with van der Waals surface area (Å²) in [5.41, 5.74) is 4.31. The fourth-order valence-electron chi connectivity index (χ4n) is 4.47. The molecule has 1 saturated heterocycles. The highest BCUT2D eigenvalue weighted by atomic mass is 16.5. The van der Waals surface area contributed by atoms with Gasteiger partial charge in [-0.3, -0.25) is 0 Å². The van der Waals surface area contributed by atoms with E-state index < -0.39 is 0 Å². The van der Waals surface area contributed by atoms with Crippen LogP contribution in [0.4, 0.5) is 5.82 Å². The van der Waals surface area contributed by atoms with Gasteiger partial charge in [-0.05, 0) is 47.0 Å². The van der Waals surface area contributed by atoms with Crippen LogP contribution in [0.1, 0.15) is 11.1 Å². The van der Waals surface area contributed by atoms with Crippen LogP contribution in [0.15, 0.2) is 60.7 Å². The number of hydrogen-bond donors (Lipinski definition) is 0. The van der Waals surface area contributed by atoms with Crippen LogP contribution in [0.5, 0.6) is 17.5 Å². The number of methoxy groups -OCH3 is 2. The Morgan fingerprint density at radius 3 is 2.54 bits per heavy atom. The van der Waals surface area contributed by atoms with Crippen LogP contribution >= 0.6 is 0 Å². The summed E-state index contributed by atoms with van der Waals surface area (Å²) in [4.78, 5) is 11.7. The standard InChI is InChI=1S/C29H28N4O4/c1-34-26-10-7-20(17-27(26)35-2)11-14-37-29-31-25-9-8-21(23-6-4-3-5-22(23)19-30)18-24(25)28(32-29)33-12-15-36-16-13-33/h3-10,17-18H,11-16H2,1-2H3. The molecule has 1 aromatic heterocycles. The van der Waals surface area contributed by atoms with Crippen molar-refractivity contribution in [2.45, 2.75) is 6.42 Å². The Morgan fingerprint density at radius 1 is 0.946 bits per heavy atom. The summed E-state index contributed by atoms with van der Waals surface area (Å²) in [6, 6.07) is 22.1. The number of benzene rings is 3. The van der Waals surface area contributed by atoms with Crippen molar-refractivity contribution in [2.24, 2.45) is 0 Å². The lowest BCUT2D eigenvalue weighted by Gasteiger charge is -2.29. The zero-order valence-corrected chi connectivity index (χ0v) is 20.9. The highest BCUT2D eigenvalue weighted by Crippen LogP contribution is 2.33. The van der Waals surface area contributed by atoms with Crippen LogP contribution in [0.25, 0.3) is 22.0 Å². The van der Waals surface area contributed by atoms with E-state index in [0.717, 1.165) is 46.5 Å². The van der Waals surface area contributed by atoms with Crippen molar-refractivity contribution in [3.63, 3.8) is 0 Å². The first-order valence-electron chi connectivity index (χ1n) is 12.2. The highest BCUT2D eigenvalue weighted by Gasteiger charge is 2.19. The largest absolute Gasteiger partial charge is 0.493 e. The van der Waals surface area contributed by atoms with Gasteiger partial charge in [0.15, 0.2) is 11.5 Å². The molecule has 37 heavy (non-hydrogen) atoms. The van der Waals surface area contributed by atoms with Crippen LogP contribution in [-0.2, 0) is 11.2 Å². The van der Waals surface area contributed by atoms with Gasteiger partial charge in [0, 0.05) is 24.9 Å². The van der Waals surface area contributed by atoms with E-state index in [1.54, 1.807) is 14.2 Å².